The minimum atomic E-state index is -1.63. The summed E-state index contributed by atoms with van der Waals surface area (Å²) in [5.41, 5.74) is 1.14. The summed E-state index contributed by atoms with van der Waals surface area (Å²) in [5, 5.41) is 19.2. The summed E-state index contributed by atoms with van der Waals surface area (Å²) in [6, 6.07) is 5.21. The minimum absolute atomic E-state index is 0.0764. The van der Waals surface area contributed by atoms with E-state index in [2.05, 4.69) is 0 Å². The average molecular weight is 305 g/mol. The molecule has 1 aromatic heterocycles. The third-order valence-electron chi connectivity index (χ3n) is 3.06. The molecule has 0 radical (unpaired) electrons. The molecule has 0 amide bonds. The number of aliphatic carboxylic acids is 1. The Morgan fingerprint density at radius 2 is 2.05 bits per heavy atom. The van der Waals surface area contributed by atoms with Gasteiger partial charge in [0.1, 0.15) is 11.5 Å². The fourth-order valence-electron chi connectivity index (χ4n) is 2.06. The van der Waals surface area contributed by atoms with Gasteiger partial charge in [0.05, 0.1) is 0 Å². The largest absolute Gasteiger partial charge is 0.507 e. The molecule has 0 unspecified atom stereocenters. The lowest BCUT2D eigenvalue weighted by Gasteiger charge is -2.05. The summed E-state index contributed by atoms with van der Waals surface area (Å²) in [4.78, 5) is 21.8. The third kappa shape index (κ3) is 3.09. The Kier molecular flexibility index (Phi) is 4.47. The number of carbonyl (C=O) groups is 2. The molecule has 2 N–H and O–H groups in total. The standard InChI is InChI=1S/C15H15NO6/c1-16-7-11(13(17)6-14(18)15(19)20)10-5-9(22-8-21-2)3-4-12(10)16/h3-7,17H,8H2,1-2H3,(H,19,20)/b13-6-. The molecule has 0 fully saturated rings. The number of ketones is 1. The van der Waals surface area contributed by atoms with Crippen molar-refractivity contribution in [1.82, 2.24) is 4.57 Å². The Morgan fingerprint density at radius 1 is 1.32 bits per heavy atom. The zero-order valence-corrected chi connectivity index (χ0v) is 12.1. The number of rotatable bonds is 6. The summed E-state index contributed by atoms with van der Waals surface area (Å²) in [7, 11) is 3.27. The van der Waals surface area contributed by atoms with E-state index in [0.717, 1.165) is 5.52 Å². The molecule has 0 bridgehead atoms. The van der Waals surface area contributed by atoms with Gasteiger partial charge in [-0.05, 0) is 18.2 Å². The number of hydrogen-bond acceptors (Lipinski definition) is 5. The van der Waals surface area contributed by atoms with Crippen molar-refractivity contribution in [1.29, 1.82) is 0 Å². The van der Waals surface area contributed by atoms with Gasteiger partial charge >= 0.3 is 5.97 Å². The quantitative estimate of drug-likeness (QED) is 0.365. The van der Waals surface area contributed by atoms with Crippen LogP contribution in [0.5, 0.6) is 5.75 Å². The number of carboxylic acids is 1. The molecule has 7 nitrogen and oxygen atoms in total. The molecule has 1 aromatic carbocycles. The van der Waals surface area contributed by atoms with E-state index >= 15 is 0 Å². The van der Waals surface area contributed by atoms with Crippen LogP contribution in [-0.4, -0.2) is 40.4 Å². The van der Waals surface area contributed by atoms with Gasteiger partial charge in [-0.1, -0.05) is 0 Å². The molecule has 22 heavy (non-hydrogen) atoms. The number of aromatic nitrogens is 1. The van der Waals surface area contributed by atoms with Crippen LogP contribution in [0.2, 0.25) is 0 Å². The third-order valence-corrected chi connectivity index (χ3v) is 3.06. The van der Waals surface area contributed by atoms with E-state index in [9.17, 15) is 14.7 Å². The number of carboxylic acid groups (broad SMARTS) is 1. The molecule has 0 aliphatic heterocycles. The van der Waals surface area contributed by atoms with Crippen molar-refractivity contribution in [2.24, 2.45) is 7.05 Å². The lowest BCUT2D eigenvalue weighted by Crippen LogP contribution is -2.09. The zero-order valence-electron chi connectivity index (χ0n) is 12.1. The Balaban J connectivity index is 2.49. The maximum absolute atomic E-state index is 11.2. The van der Waals surface area contributed by atoms with Gasteiger partial charge in [-0.2, -0.15) is 0 Å². The van der Waals surface area contributed by atoms with E-state index in [1.807, 2.05) is 0 Å². The lowest BCUT2D eigenvalue weighted by atomic mass is 10.1. The summed E-state index contributed by atoms with van der Waals surface area (Å²) >= 11 is 0. The van der Waals surface area contributed by atoms with E-state index in [1.54, 1.807) is 36.0 Å². The highest BCUT2D eigenvalue weighted by Gasteiger charge is 2.15. The monoisotopic (exact) mass is 305 g/mol. The molecule has 0 saturated heterocycles. The fourth-order valence-corrected chi connectivity index (χ4v) is 2.06. The number of aryl methyl sites for hydroxylation is 1. The fraction of sp³-hybridized carbons (Fsp3) is 0.200. The first-order valence-corrected chi connectivity index (χ1v) is 6.33. The van der Waals surface area contributed by atoms with Gasteiger partial charge in [-0.25, -0.2) is 4.79 Å². The van der Waals surface area contributed by atoms with E-state index in [4.69, 9.17) is 14.6 Å². The topological polar surface area (TPSA) is 98.0 Å². The molecule has 0 spiro atoms. The molecular formula is C15H15NO6. The first-order valence-electron chi connectivity index (χ1n) is 6.33. The summed E-state index contributed by atoms with van der Waals surface area (Å²) < 4.78 is 11.9. The predicted octanol–water partition coefficient (Wildman–Crippen LogP) is 1.71. The summed E-state index contributed by atoms with van der Waals surface area (Å²) in [6.45, 7) is 0.0764. The second-order valence-electron chi connectivity index (χ2n) is 4.58. The Morgan fingerprint density at radius 3 is 2.68 bits per heavy atom. The SMILES string of the molecule is COCOc1ccc2c(c1)c(/C(O)=C/C(=O)C(=O)O)cn2C. The number of aliphatic hydroxyl groups is 1. The van der Waals surface area contributed by atoms with Gasteiger partial charge in [0, 0.05) is 42.9 Å². The Bertz CT molecular complexity index is 759. The van der Waals surface area contributed by atoms with Crippen LogP contribution in [0.1, 0.15) is 5.56 Å². The van der Waals surface area contributed by atoms with Crippen LogP contribution >= 0.6 is 0 Å². The number of aliphatic hydroxyl groups excluding tert-OH is 1. The van der Waals surface area contributed by atoms with E-state index in [-0.39, 0.29) is 6.79 Å². The average Bonchev–Trinajstić information content (AvgIpc) is 2.81. The summed E-state index contributed by atoms with van der Waals surface area (Å²) in [6.07, 6.45) is 2.28. The van der Waals surface area contributed by atoms with Crippen molar-refractivity contribution in [3.63, 3.8) is 0 Å². The maximum atomic E-state index is 11.2. The van der Waals surface area contributed by atoms with Crippen LogP contribution in [0.3, 0.4) is 0 Å². The molecule has 1 heterocycles. The molecule has 2 rings (SSSR count). The maximum Gasteiger partial charge on any atom is 0.376 e. The second kappa shape index (κ2) is 6.31. The number of nitrogens with zero attached hydrogens (tertiary/aromatic N) is 1. The number of carbonyl (C=O) groups excluding carboxylic acids is 1. The zero-order chi connectivity index (χ0) is 16.3. The molecule has 116 valence electrons. The first kappa shape index (κ1) is 15.6. The van der Waals surface area contributed by atoms with E-state index < -0.39 is 17.5 Å². The molecule has 0 atom stereocenters. The van der Waals surface area contributed by atoms with Gasteiger partial charge in [0.2, 0.25) is 0 Å². The summed E-state index contributed by atoms with van der Waals surface area (Å²) in [5.74, 6) is -2.71. The second-order valence-corrected chi connectivity index (χ2v) is 4.58. The molecule has 2 aromatic rings. The van der Waals surface area contributed by atoms with Gasteiger partial charge in [0.15, 0.2) is 6.79 Å². The number of ether oxygens (including phenoxy) is 2. The van der Waals surface area contributed by atoms with Crippen molar-refractivity contribution in [2.45, 2.75) is 0 Å². The van der Waals surface area contributed by atoms with Crippen molar-refractivity contribution < 1.29 is 29.3 Å². The number of hydrogen-bond donors (Lipinski definition) is 2. The van der Waals surface area contributed by atoms with E-state index in [0.29, 0.717) is 22.8 Å². The van der Waals surface area contributed by atoms with Crippen LogP contribution in [0.4, 0.5) is 0 Å². The van der Waals surface area contributed by atoms with Crippen LogP contribution in [0.25, 0.3) is 16.7 Å². The normalized spacial score (nSPS) is 11.6. The van der Waals surface area contributed by atoms with Crippen molar-refractivity contribution in [2.75, 3.05) is 13.9 Å². The van der Waals surface area contributed by atoms with Crippen LogP contribution in [0, 0.1) is 0 Å². The first-order chi connectivity index (χ1) is 10.4. The van der Waals surface area contributed by atoms with Crippen LogP contribution in [-0.2, 0) is 21.4 Å². The smallest absolute Gasteiger partial charge is 0.376 e. The minimum Gasteiger partial charge on any atom is -0.507 e. The van der Waals surface area contributed by atoms with Gasteiger partial charge in [-0.15, -0.1) is 0 Å². The van der Waals surface area contributed by atoms with Crippen LogP contribution < -0.4 is 4.74 Å². The van der Waals surface area contributed by atoms with Gasteiger partial charge < -0.3 is 24.3 Å². The predicted molar refractivity (Wildman–Crippen MR) is 78.7 cm³/mol. The van der Waals surface area contributed by atoms with Crippen molar-refractivity contribution in [3.8, 4) is 5.75 Å². The molecular weight excluding hydrogens is 290 g/mol. The van der Waals surface area contributed by atoms with Gasteiger partial charge in [0.25, 0.3) is 5.78 Å². The lowest BCUT2D eigenvalue weighted by molar-refractivity contribution is -0.146. The molecule has 0 aliphatic rings. The highest BCUT2D eigenvalue weighted by atomic mass is 16.7. The molecule has 0 saturated carbocycles. The number of benzene rings is 1. The van der Waals surface area contributed by atoms with Crippen molar-refractivity contribution >= 4 is 28.4 Å². The number of fused-ring (bicyclic) bond motifs is 1. The van der Waals surface area contributed by atoms with Crippen molar-refractivity contribution in [3.05, 3.63) is 36.0 Å². The number of methoxy groups -OCH3 is 1. The molecule has 7 heteroatoms. The highest BCUT2D eigenvalue weighted by Crippen LogP contribution is 2.29. The van der Waals surface area contributed by atoms with Crippen LogP contribution in [0.15, 0.2) is 30.5 Å². The van der Waals surface area contributed by atoms with Gasteiger partial charge in [-0.3, -0.25) is 4.79 Å². The van der Waals surface area contributed by atoms with E-state index in [1.165, 1.54) is 7.11 Å². The Labute approximate surface area is 126 Å². The Hall–Kier alpha value is -2.80. The highest BCUT2D eigenvalue weighted by molar-refractivity contribution is 6.38. The molecule has 0 aliphatic carbocycles.